The number of hydrogen-bond donors (Lipinski definition) is 0. The summed E-state index contributed by atoms with van der Waals surface area (Å²) in [4.78, 5) is 15.7. The Morgan fingerprint density at radius 2 is 2.30 bits per heavy atom. The fourth-order valence-corrected chi connectivity index (χ4v) is 2.73. The van der Waals surface area contributed by atoms with Crippen LogP contribution < -0.4 is 0 Å². The SMILES string of the molecule is CCOC(=O)Cc1csc(Cc2cccc(Cl)c2F)n1. The molecular formula is C14H13ClFNO2S. The van der Waals surface area contributed by atoms with Crippen LogP contribution in [0.2, 0.25) is 5.02 Å². The second kappa shape index (κ2) is 6.81. The largest absolute Gasteiger partial charge is 0.466 e. The molecule has 0 bridgehead atoms. The highest BCUT2D eigenvalue weighted by molar-refractivity contribution is 7.09. The van der Waals surface area contributed by atoms with Crippen molar-refractivity contribution in [1.29, 1.82) is 0 Å². The van der Waals surface area contributed by atoms with Gasteiger partial charge < -0.3 is 4.74 Å². The predicted molar refractivity (Wildman–Crippen MR) is 76.7 cm³/mol. The topological polar surface area (TPSA) is 39.2 Å². The molecule has 1 aromatic carbocycles. The number of rotatable bonds is 5. The second-order valence-electron chi connectivity index (χ2n) is 4.10. The summed E-state index contributed by atoms with van der Waals surface area (Å²) in [5.74, 6) is -0.727. The van der Waals surface area contributed by atoms with Crippen LogP contribution in [0.5, 0.6) is 0 Å². The van der Waals surface area contributed by atoms with E-state index in [-0.39, 0.29) is 17.4 Å². The van der Waals surface area contributed by atoms with Gasteiger partial charge in [-0.3, -0.25) is 4.79 Å². The summed E-state index contributed by atoms with van der Waals surface area (Å²) in [5, 5.41) is 2.63. The van der Waals surface area contributed by atoms with Crippen LogP contribution in [0.3, 0.4) is 0 Å². The number of carbonyl (C=O) groups is 1. The monoisotopic (exact) mass is 313 g/mol. The average Bonchev–Trinajstić information content (AvgIpc) is 2.82. The van der Waals surface area contributed by atoms with E-state index in [1.807, 2.05) is 0 Å². The van der Waals surface area contributed by atoms with Crippen molar-refractivity contribution in [2.24, 2.45) is 0 Å². The molecule has 106 valence electrons. The Labute approximate surface area is 125 Å². The lowest BCUT2D eigenvalue weighted by Gasteiger charge is -2.02. The molecular weight excluding hydrogens is 301 g/mol. The van der Waals surface area contributed by atoms with Gasteiger partial charge >= 0.3 is 5.97 Å². The highest BCUT2D eigenvalue weighted by Crippen LogP contribution is 2.22. The maximum absolute atomic E-state index is 13.8. The van der Waals surface area contributed by atoms with Crippen molar-refractivity contribution in [3.8, 4) is 0 Å². The zero-order chi connectivity index (χ0) is 14.5. The van der Waals surface area contributed by atoms with Crippen LogP contribution in [-0.4, -0.2) is 17.6 Å². The normalized spacial score (nSPS) is 10.6. The molecule has 0 fully saturated rings. The molecule has 0 aliphatic rings. The van der Waals surface area contributed by atoms with Crippen molar-refractivity contribution in [3.63, 3.8) is 0 Å². The highest BCUT2D eigenvalue weighted by atomic mass is 35.5. The molecule has 1 heterocycles. The van der Waals surface area contributed by atoms with E-state index in [1.54, 1.807) is 24.4 Å². The Morgan fingerprint density at radius 1 is 1.50 bits per heavy atom. The smallest absolute Gasteiger partial charge is 0.311 e. The molecule has 2 aromatic rings. The van der Waals surface area contributed by atoms with E-state index < -0.39 is 5.82 Å². The molecule has 0 saturated carbocycles. The van der Waals surface area contributed by atoms with E-state index in [0.29, 0.717) is 24.3 Å². The lowest BCUT2D eigenvalue weighted by molar-refractivity contribution is -0.142. The van der Waals surface area contributed by atoms with E-state index in [4.69, 9.17) is 16.3 Å². The van der Waals surface area contributed by atoms with E-state index in [0.717, 1.165) is 5.01 Å². The maximum atomic E-state index is 13.8. The lowest BCUT2D eigenvalue weighted by atomic mass is 10.1. The number of ether oxygens (including phenoxy) is 1. The van der Waals surface area contributed by atoms with Gasteiger partial charge in [-0.25, -0.2) is 9.37 Å². The molecule has 0 radical (unpaired) electrons. The Kier molecular flexibility index (Phi) is 5.09. The molecule has 0 spiro atoms. The zero-order valence-electron chi connectivity index (χ0n) is 10.9. The van der Waals surface area contributed by atoms with Crippen LogP contribution in [-0.2, 0) is 22.4 Å². The van der Waals surface area contributed by atoms with E-state index in [2.05, 4.69) is 4.98 Å². The first-order chi connectivity index (χ1) is 9.60. The minimum Gasteiger partial charge on any atom is -0.466 e. The summed E-state index contributed by atoms with van der Waals surface area (Å²) < 4.78 is 18.6. The van der Waals surface area contributed by atoms with Crippen LogP contribution in [0, 0.1) is 5.82 Å². The molecule has 0 aliphatic heterocycles. The fourth-order valence-electron chi connectivity index (χ4n) is 1.72. The van der Waals surface area contributed by atoms with Gasteiger partial charge in [0.05, 0.1) is 28.8 Å². The number of nitrogens with zero attached hydrogens (tertiary/aromatic N) is 1. The lowest BCUT2D eigenvalue weighted by Crippen LogP contribution is -2.07. The third kappa shape index (κ3) is 3.77. The minimum atomic E-state index is -0.420. The van der Waals surface area contributed by atoms with Gasteiger partial charge in [0.25, 0.3) is 0 Å². The van der Waals surface area contributed by atoms with Gasteiger partial charge in [-0.15, -0.1) is 11.3 Å². The third-order valence-corrected chi connectivity index (χ3v) is 3.79. The molecule has 0 amide bonds. The molecule has 2 rings (SSSR count). The summed E-state index contributed by atoms with van der Waals surface area (Å²) in [5.41, 5.74) is 1.14. The van der Waals surface area contributed by atoms with E-state index in [9.17, 15) is 9.18 Å². The Morgan fingerprint density at radius 3 is 3.05 bits per heavy atom. The van der Waals surface area contributed by atoms with Gasteiger partial charge in [0.1, 0.15) is 5.82 Å². The third-order valence-electron chi connectivity index (χ3n) is 2.60. The Hall–Kier alpha value is -1.46. The van der Waals surface area contributed by atoms with Crippen molar-refractivity contribution >= 4 is 28.9 Å². The molecule has 0 saturated heterocycles. The molecule has 6 heteroatoms. The Balaban J connectivity index is 2.06. The van der Waals surface area contributed by atoms with Gasteiger partial charge in [-0.05, 0) is 18.6 Å². The molecule has 0 N–H and O–H groups in total. The van der Waals surface area contributed by atoms with Crippen LogP contribution in [0.4, 0.5) is 4.39 Å². The first-order valence-corrected chi connectivity index (χ1v) is 7.37. The second-order valence-corrected chi connectivity index (χ2v) is 5.45. The predicted octanol–water partition coefficient (Wildman–Crippen LogP) is 3.63. The van der Waals surface area contributed by atoms with E-state index >= 15 is 0 Å². The summed E-state index contributed by atoms with van der Waals surface area (Å²) in [6.45, 7) is 2.11. The summed E-state index contributed by atoms with van der Waals surface area (Å²) in [6, 6.07) is 4.88. The first kappa shape index (κ1) is 14.9. The van der Waals surface area contributed by atoms with Crippen LogP contribution in [0.25, 0.3) is 0 Å². The van der Waals surface area contributed by atoms with Gasteiger partial charge in [-0.1, -0.05) is 23.7 Å². The van der Waals surface area contributed by atoms with Crippen molar-refractivity contribution in [2.75, 3.05) is 6.61 Å². The quantitative estimate of drug-likeness (QED) is 0.791. The van der Waals surface area contributed by atoms with Crippen molar-refractivity contribution in [3.05, 3.63) is 50.7 Å². The van der Waals surface area contributed by atoms with E-state index in [1.165, 1.54) is 17.4 Å². The molecule has 0 unspecified atom stereocenters. The van der Waals surface area contributed by atoms with Crippen LogP contribution in [0.15, 0.2) is 23.6 Å². The number of carbonyl (C=O) groups excluding carboxylic acids is 1. The molecule has 1 aromatic heterocycles. The highest BCUT2D eigenvalue weighted by Gasteiger charge is 2.11. The van der Waals surface area contributed by atoms with Gasteiger partial charge in [-0.2, -0.15) is 0 Å². The zero-order valence-corrected chi connectivity index (χ0v) is 12.4. The number of esters is 1. The maximum Gasteiger partial charge on any atom is 0.311 e. The van der Waals surface area contributed by atoms with Crippen molar-refractivity contribution in [2.45, 2.75) is 19.8 Å². The molecule has 3 nitrogen and oxygen atoms in total. The number of aromatic nitrogens is 1. The molecule has 0 atom stereocenters. The van der Waals surface area contributed by atoms with Crippen molar-refractivity contribution in [1.82, 2.24) is 4.98 Å². The molecule has 20 heavy (non-hydrogen) atoms. The van der Waals surface area contributed by atoms with Gasteiger partial charge in [0, 0.05) is 11.8 Å². The number of halogens is 2. The standard InChI is InChI=1S/C14H13ClFNO2S/c1-2-19-13(18)7-10-8-20-12(17-10)6-9-4-3-5-11(15)14(9)16/h3-5,8H,2,6-7H2,1H3. The van der Waals surface area contributed by atoms with Crippen molar-refractivity contribution < 1.29 is 13.9 Å². The molecule has 0 aliphatic carbocycles. The van der Waals surface area contributed by atoms with Crippen LogP contribution in [0.1, 0.15) is 23.2 Å². The van der Waals surface area contributed by atoms with Crippen LogP contribution >= 0.6 is 22.9 Å². The Bertz CT molecular complexity index is 615. The number of thiazole rings is 1. The number of benzene rings is 1. The average molecular weight is 314 g/mol. The number of hydrogen-bond acceptors (Lipinski definition) is 4. The summed E-state index contributed by atoms with van der Waals surface area (Å²) in [7, 11) is 0. The minimum absolute atomic E-state index is 0.103. The first-order valence-electron chi connectivity index (χ1n) is 6.12. The van der Waals surface area contributed by atoms with Gasteiger partial charge in [0.2, 0.25) is 0 Å². The summed E-state index contributed by atoms with van der Waals surface area (Å²) >= 11 is 7.13. The summed E-state index contributed by atoms with van der Waals surface area (Å²) in [6.07, 6.45) is 0.502. The van der Waals surface area contributed by atoms with Gasteiger partial charge in [0.15, 0.2) is 0 Å². The fraction of sp³-hybridized carbons (Fsp3) is 0.286.